The first kappa shape index (κ1) is 14.4. The summed E-state index contributed by atoms with van der Waals surface area (Å²) in [5.74, 6) is 0.137. The largest absolute Gasteiger partial charge is 0.490 e. The van der Waals surface area contributed by atoms with Crippen LogP contribution >= 0.6 is 8.03 Å². The fourth-order valence-corrected chi connectivity index (χ4v) is 2.14. The molecular weight excluding hydrogens is 257 g/mol. The molecule has 2 unspecified atom stereocenters. The molecule has 0 heterocycles. The highest BCUT2D eigenvalue weighted by Crippen LogP contribution is 2.31. The molecule has 0 saturated carbocycles. The molecule has 0 aliphatic carbocycles. The van der Waals surface area contributed by atoms with E-state index in [-0.39, 0.29) is 11.4 Å². The number of benzene rings is 1. The summed E-state index contributed by atoms with van der Waals surface area (Å²) in [5, 5.41) is 10.7. The predicted molar refractivity (Wildman–Crippen MR) is 68.6 cm³/mol. The van der Waals surface area contributed by atoms with E-state index in [0.717, 1.165) is 0 Å². The van der Waals surface area contributed by atoms with Crippen LogP contribution in [-0.2, 0) is 11.0 Å². The zero-order chi connectivity index (χ0) is 13.7. The summed E-state index contributed by atoms with van der Waals surface area (Å²) >= 11 is 0. The maximum absolute atomic E-state index is 11.0. The molecule has 0 aliphatic rings. The Morgan fingerprint density at radius 1 is 1.67 bits per heavy atom. The fraction of sp³-hybridized carbons (Fsp3) is 0.273. The molecule has 0 radical (unpaired) electrons. The summed E-state index contributed by atoms with van der Waals surface area (Å²) in [4.78, 5) is 19.2. The Labute approximate surface area is 105 Å². The summed E-state index contributed by atoms with van der Waals surface area (Å²) in [6.45, 7) is 3.49. The number of hydrogen-bond acceptors (Lipinski definition) is 4. The molecule has 1 rings (SSSR count). The molecule has 7 heteroatoms. The minimum atomic E-state index is -2.71. The van der Waals surface area contributed by atoms with Gasteiger partial charge in [-0.2, -0.15) is 0 Å². The number of rotatable bonds is 6. The highest BCUT2D eigenvalue weighted by atomic mass is 31.1. The van der Waals surface area contributed by atoms with Gasteiger partial charge in [0, 0.05) is 6.07 Å². The van der Waals surface area contributed by atoms with Crippen molar-refractivity contribution in [3.8, 4) is 5.75 Å². The summed E-state index contributed by atoms with van der Waals surface area (Å²) in [7, 11) is -1.37. The molecule has 0 spiro atoms. The predicted octanol–water partition coefficient (Wildman–Crippen LogP) is 2.17. The maximum Gasteiger partial charge on any atom is 0.310 e. The Hall–Kier alpha value is -1.65. The van der Waals surface area contributed by atoms with Crippen molar-refractivity contribution >= 4 is 13.7 Å². The van der Waals surface area contributed by atoms with E-state index in [9.17, 15) is 14.7 Å². The van der Waals surface area contributed by atoms with E-state index in [4.69, 9.17) is 9.63 Å². The number of nitrogens with zero attached hydrogens (tertiary/aromatic N) is 1. The second kappa shape index (κ2) is 6.33. The zero-order valence-electron chi connectivity index (χ0n) is 9.83. The third-order valence-electron chi connectivity index (χ3n) is 2.50. The molecule has 0 saturated heterocycles. The SMILES string of the molecule is C=CC(Cc1ccc([N+](=O)[O-])c(OC)c1)[PH](=O)O. The number of ether oxygens (including phenoxy) is 1. The van der Waals surface area contributed by atoms with Crippen LogP contribution in [0.15, 0.2) is 30.9 Å². The Morgan fingerprint density at radius 2 is 2.33 bits per heavy atom. The minimum absolute atomic E-state index is 0.131. The molecule has 1 aromatic carbocycles. The summed E-state index contributed by atoms with van der Waals surface area (Å²) in [6.07, 6.45) is 1.71. The van der Waals surface area contributed by atoms with Gasteiger partial charge in [-0.3, -0.25) is 14.7 Å². The molecule has 1 N–H and O–H groups in total. The average molecular weight is 271 g/mol. The van der Waals surface area contributed by atoms with E-state index in [1.165, 1.54) is 25.3 Å². The average Bonchev–Trinajstić information content (AvgIpc) is 2.34. The van der Waals surface area contributed by atoms with Crippen LogP contribution in [0.4, 0.5) is 5.69 Å². The Morgan fingerprint density at radius 3 is 2.78 bits per heavy atom. The van der Waals surface area contributed by atoms with Crippen LogP contribution in [0.1, 0.15) is 5.56 Å². The van der Waals surface area contributed by atoms with Crippen LogP contribution in [0.3, 0.4) is 0 Å². The van der Waals surface area contributed by atoms with E-state index in [2.05, 4.69) is 6.58 Å². The van der Waals surface area contributed by atoms with Crippen LogP contribution in [0.2, 0.25) is 0 Å². The molecule has 18 heavy (non-hydrogen) atoms. The lowest BCUT2D eigenvalue weighted by molar-refractivity contribution is -0.385. The zero-order valence-corrected chi connectivity index (χ0v) is 10.8. The van der Waals surface area contributed by atoms with Gasteiger partial charge in [-0.25, -0.2) is 0 Å². The van der Waals surface area contributed by atoms with Gasteiger partial charge in [0.05, 0.1) is 17.7 Å². The van der Waals surface area contributed by atoms with Crippen LogP contribution in [0.5, 0.6) is 5.75 Å². The van der Waals surface area contributed by atoms with Gasteiger partial charge in [0.15, 0.2) is 13.8 Å². The third-order valence-corrected chi connectivity index (χ3v) is 3.57. The number of nitro benzene ring substituents is 1. The topological polar surface area (TPSA) is 89.7 Å². The monoisotopic (exact) mass is 271 g/mol. The fourth-order valence-electron chi connectivity index (χ4n) is 1.53. The molecule has 0 amide bonds. The first-order valence-corrected chi connectivity index (χ1v) is 6.59. The molecule has 2 atom stereocenters. The molecule has 1 aromatic rings. The van der Waals surface area contributed by atoms with Gasteiger partial charge in [-0.15, -0.1) is 6.58 Å². The van der Waals surface area contributed by atoms with Gasteiger partial charge in [-0.05, 0) is 18.1 Å². The molecular formula is C11H14NO5P. The van der Waals surface area contributed by atoms with Gasteiger partial charge >= 0.3 is 5.69 Å². The molecule has 6 nitrogen and oxygen atoms in total. The van der Waals surface area contributed by atoms with E-state index < -0.39 is 18.6 Å². The standard InChI is InChI=1S/C11H14NO5P/c1-3-9(18(15)16)6-8-4-5-10(12(13)14)11(7-8)17-2/h3-5,7,9,18H,1,6H2,2H3,(H,15,16). The van der Waals surface area contributed by atoms with E-state index in [0.29, 0.717) is 12.0 Å². The van der Waals surface area contributed by atoms with Crippen molar-refractivity contribution in [3.63, 3.8) is 0 Å². The highest BCUT2D eigenvalue weighted by Gasteiger charge is 2.17. The van der Waals surface area contributed by atoms with Crippen molar-refractivity contribution in [2.24, 2.45) is 0 Å². The number of methoxy groups -OCH3 is 1. The van der Waals surface area contributed by atoms with Crippen LogP contribution < -0.4 is 4.74 Å². The van der Waals surface area contributed by atoms with Crippen molar-refractivity contribution in [2.75, 3.05) is 7.11 Å². The van der Waals surface area contributed by atoms with Crippen LogP contribution in [0, 0.1) is 10.1 Å². The van der Waals surface area contributed by atoms with Crippen molar-refractivity contribution in [1.82, 2.24) is 0 Å². The highest BCUT2D eigenvalue weighted by molar-refractivity contribution is 7.39. The minimum Gasteiger partial charge on any atom is -0.490 e. The van der Waals surface area contributed by atoms with E-state index >= 15 is 0 Å². The molecule has 0 bridgehead atoms. The van der Waals surface area contributed by atoms with Gasteiger partial charge in [0.25, 0.3) is 0 Å². The van der Waals surface area contributed by atoms with Gasteiger partial charge in [0.1, 0.15) is 0 Å². The molecule has 0 aromatic heterocycles. The first-order valence-electron chi connectivity index (χ1n) is 5.16. The lowest BCUT2D eigenvalue weighted by atomic mass is 10.1. The van der Waals surface area contributed by atoms with Crippen LogP contribution in [0.25, 0.3) is 0 Å². The third kappa shape index (κ3) is 3.42. The van der Waals surface area contributed by atoms with Crippen molar-refractivity contribution < 1.29 is 19.1 Å². The summed E-state index contributed by atoms with van der Waals surface area (Å²) in [5.41, 5.74) is 0.0176. The Balaban J connectivity index is 3.02. The maximum atomic E-state index is 11.0. The Kier molecular flexibility index (Phi) is 5.07. The van der Waals surface area contributed by atoms with E-state index in [1.54, 1.807) is 6.07 Å². The normalized spacial score (nSPS) is 13.7. The van der Waals surface area contributed by atoms with Crippen molar-refractivity contribution in [1.29, 1.82) is 0 Å². The molecule has 0 aliphatic heterocycles. The number of hydrogen-bond donors (Lipinski definition) is 1. The first-order chi connectivity index (χ1) is 8.49. The smallest absolute Gasteiger partial charge is 0.310 e. The second-order valence-corrected chi connectivity index (χ2v) is 5.07. The van der Waals surface area contributed by atoms with Crippen molar-refractivity contribution in [3.05, 3.63) is 46.5 Å². The van der Waals surface area contributed by atoms with E-state index in [1.807, 2.05) is 0 Å². The lowest BCUT2D eigenvalue weighted by Gasteiger charge is -2.09. The molecule has 0 fully saturated rings. The number of allylic oxidation sites excluding steroid dienone is 1. The van der Waals surface area contributed by atoms with Crippen LogP contribution in [-0.4, -0.2) is 22.6 Å². The summed E-state index contributed by atoms with van der Waals surface area (Å²) < 4.78 is 16.0. The quantitative estimate of drug-likeness (QED) is 0.370. The second-order valence-electron chi connectivity index (χ2n) is 3.65. The molecule has 98 valence electrons. The summed E-state index contributed by atoms with van der Waals surface area (Å²) in [6, 6.07) is 4.37. The Bertz CT molecular complexity index is 488. The van der Waals surface area contributed by atoms with Gasteiger partial charge < -0.3 is 9.63 Å². The van der Waals surface area contributed by atoms with Gasteiger partial charge in [0.2, 0.25) is 0 Å². The van der Waals surface area contributed by atoms with Gasteiger partial charge in [-0.1, -0.05) is 12.1 Å². The lowest BCUT2D eigenvalue weighted by Crippen LogP contribution is -2.03. The number of nitro groups is 1. The van der Waals surface area contributed by atoms with Crippen molar-refractivity contribution in [2.45, 2.75) is 12.1 Å².